The van der Waals surface area contributed by atoms with E-state index >= 15 is 0 Å². The Morgan fingerprint density at radius 1 is 1.16 bits per heavy atom. The highest BCUT2D eigenvalue weighted by Gasteiger charge is 2.35. The Morgan fingerprint density at radius 3 is 2.74 bits per heavy atom. The number of nitrogens with two attached hydrogens (primary N) is 1. The van der Waals surface area contributed by atoms with E-state index in [1.165, 1.54) is 27.4 Å². The zero-order valence-corrected chi connectivity index (χ0v) is 17.9. The van der Waals surface area contributed by atoms with Crippen molar-refractivity contribution in [3.05, 3.63) is 65.3 Å². The van der Waals surface area contributed by atoms with Crippen LogP contribution >= 0.6 is 23.4 Å². The van der Waals surface area contributed by atoms with Crippen molar-refractivity contribution in [3.8, 4) is 0 Å². The lowest BCUT2D eigenvalue weighted by molar-refractivity contribution is -0.122. The van der Waals surface area contributed by atoms with E-state index in [4.69, 9.17) is 17.3 Å². The SMILES string of the molecule is NC(=O)n1cc(NC(=O)N2CCS[C@H]2C(=O)NCc2cccc(Cl)c2)c2ccccc21. The molecule has 3 aromatic rings. The van der Waals surface area contributed by atoms with Crippen LogP contribution < -0.4 is 16.4 Å². The summed E-state index contributed by atoms with van der Waals surface area (Å²) in [6.45, 7) is 0.748. The van der Waals surface area contributed by atoms with E-state index in [0.29, 0.717) is 40.5 Å². The van der Waals surface area contributed by atoms with Crippen LogP contribution in [0, 0.1) is 0 Å². The number of halogens is 1. The van der Waals surface area contributed by atoms with E-state index in [2.05, 4.69) is 10.6 Å². The summed E-state index contributed by atoms with van der Waals surface area (Å²) in [5.74, 6) is 0.392. The molecule has 1 aliphatic heterocycles. The lowest BCUT2D eigenvalue weighted by Crippen LogP contribution is -2.46. The maximum absolute atomic E-state index is 12.9. The van der Waals surface area contributed by atoms with Gasteiger partial charge in [0.1, 0.15) is 0 Å². The fourth-order valence-corrected chi connectivity index (χ4v) is 4.82. The van der Waals surface area contributed by atoms with Crippen LogP contribution in [-0.4, -0.2) is 45.1 Å². The molecule has 4 rings (SSSR count). The standard InChI is InChI=1S/C21H20ClN5O3S/c22-14-5-3-4-13(10-14)11-24-18(28)19-26(8-9-31-19)21(30)25-16-12-27(20(23)29)17-7-2-1-6-15(16)17/h1-7,10,12,19H,8-9,11H2,(H2,23,29)(H,24,28)(H,25,30)/t19-/m0/s1. The van der Waals surface area contributed by atoms with Crippen LogP contribution in [0.25, 0.3) is 10.9 Å². The van der Waals surface area contributed by atoms with Gasteiger partial charge in [-0.2, -0.15) is 0 Å². The highest BCUT2D eigenvalue weighted by molar-refractivity contribution is 8.00. The number of para-hydroxylation sites is 1. The van der Waals surface area contributed by atoms with Gasteiger partial charge in [-0.1, -0.05) is 41.9 Å². The molecule has 0 spiro atoms. The van der Waals surface area contributed by atoms with Crippen molar-refractivity contribution < 1.29 is 14.4 Å². The van der Waals surface area contributed by atoms with Crippen LogP contribution in [0.1, 0.15) is 5.56 Å². The Hall–Kier alpha value is -3.17. The first-order valence-electron chi connectivity index (χ1n) is 9.55. The molecule has 160 valence electrons. The number of benzene rings is 2. The maximum Gasteiger partial charge on any atom is 0.323 e. The molecule has 1 aliphatic rings. The minimum Gasteiger partial charge on any atom is -0.351 e. The lowest BCUT2D eigenvalue weighted by atomic mass is 10.2. The number of fused-ring (bicyclic) bond motifs is 1. The molecular weight excluding hydrogens is 438 g/mol. The first kappa shape index (κ1) is 21.1. The van der Waals surface area contributed by atoms with Gasteiger partial charge in [0.25, 0.3) is 5.91 Å². The summed E-state index contributed by atoms with van der Waals surface area (Å²) in [7, 11) is 0. The normalized spacial score (nSPS) is 15.8. The van der Waals surface area contributed by atoms with Crippen LogP contribution in [0.5, 0.6) is 0 Å². The van der Waals surface area contributed by atoms with Gasteiger partial charge in [0, 0.05) is 35.4 Å². The molecule has 31 heavy (non-hydrogen) atoms. The van der Waals surface area contributed by atoms with Gasteiger partial charge < -0.3 is 21.3 Å². The smallest absolute Gasteiger partial charge is 0.323 e. The van der Waals surface area contributed by atoms with Crippen molar-refractivity contribution in [2.75, 3.05) is 17.6 Å². The number of aromatic nitrogens is 1. The van der Waals surface area contributed by atoms with E-state index in [1.54, 1.807) is 36.4 Å². The summed E-state index contributed by atoms with van der Waals surface area (Å²) in [6, 6.07) is 13.3. The number of nitrogens with one attached hydrogen (secondary N) is 2. The zero-order chi connectivity index (χ0) is 22.0. The van der Waals surface area contributed by atoms with Gasteiger partial charge in [-0.15, -0.1) is 11.8 Å². The number of thioether (sulfide) groups is 1. The van der Waals surface area contributed by atoms with Crippen molar-refractivity contribution in [2.24, 2.45) is 5.73 Å². The second-order valence-electron chi connectivity index (χ2n) is 6.96. The number of hydrogen-bond donors (Lipinski definition) is 3. The summed E-state index contributed by atoms with van der Waals surface area (Å²) >= 11 is 7.38. The topological polar surface area (TPSA) is 109 Å². The number of urea groups is 1. The minimum absolute atomic E-state index is 0.253. The third-order valence-electron chi connectivity index (χ3n) is 4.92. The molecule has 0 unspecified atom stereocenters. The summed E-state index contributed by atoms with van der Waals surface area (Å²) < 4.78 is 1.28. The van der Waals surface area contributed by atoms with Crippen molar-refractivity contribution >= 4 is 57.9 Å². The number of rotatable bonds is 4. The van der Waals surface area contributed by atoms with E-state index in [-0.39, 0.29) is 5.91 Å². The van der Waals surface area contributed by atoms with Crippen LogP contribution in [0.15, 0.2) is 54.7 Å². The van der Waals surface area contributed by atoms with Gasteiger partial charge in [-0.25, -0.2) is 9.59 Å². The first-order chi connectivity index (χ1) is 14.9. The molecule has 1 fully saturated rings. The quantitative estimate of drug-likeness (QED) is 0.557. The van der Waals surface area contributed by atoms with Gasteiger partial charge in [-0.3, -0.25) is 9.36 Å². The second-order valence-corrected chi connectivity index (χ2v) is 8.59. The van der Waals surface area contributed by atoms with E-state index in [0.717, 1.165) is 5.56 Å². The molecule has 0 aliphatic carbocycles. The number of anilines is 1. The summed E-state index contributed by atoms with van der Waals surface area (Å²) in [5.41, 5.74) is 7.36. The molecule has 2 aromatic carbocycles. The van der Waals surface area contributed by atoms with Crippen LogP contribution in [-0.2, 0) is 11.3 Å². The van der Waals surface area contributed by atoms with E-state index in [9.17, 15) is 14.4 Å². The number of carbonyl (C=O) groups is 3. The summed E-state index contributed by atoms with van der Waals surface area (Å²) in [6.07, 6.45) is 1.49. The van der Waals surface area contributed by atoms with Crippen molar-refractivity contribution in [1.82, 2.24) is 14.8 Å². The molecule has 10 heteroatoms. The van der Waals surface area contributed by atoms with Crippen LogP contribution in [0.4, 0.5) is 15.3 Å². The maximum atomic E-state index is 12.9. The van der Waals surface area contributed by atoms with Gasteiger partial charge in [0.15, 0.2) is 5.37 Å². The Bertz CT molecular complexity index is 1160. The molecule has 4 N–H and O–H groups in total. The average Bonchev–Trinajstić information content (AvgIpc) is 3.38. The fraction of sp³-hybridized carbons (Fsp3) is 0.190. The molecule has 8 nitrogen and oxygen atoms in total. The third-order valence-corrected chi connectivity index (χ3v) is 6.36. The number of nitrogens with zero attached hydrogens (tertiary/aromatic N) is 2. The van der Waals surface area contributed by atoms with Gasteiger partial charge in [0.05, 0.1) is 11.2 Å². The Balaban J connectivity index is 1.46. The van der Waals surface area contributed by atoms with E-state index in [1.807, 2.05) is 12.1 Å². The zero-order valence-electron chi connectivity index (χ0n) is 16.4. The molecule has 1 atom stereocenters. The highest BCUT2D eigenvalue weighted by Crippen LogP contribution is 2.28. The Kier molecular flexibility index (Phi) is 6.06. The number of hydrogen-bond acceptors (Lipinski definition) is 4. The third kappa shape index (κ3) is 4.47. The van der Waals surface area contributed by atoms with Gasteiger partial charge >= 0.3 is 12.1 Å². The number of amides is 4. The number of carbonyl (C=O) groups excluding carboxylic acids is 3. The monoisotopic (exact) mass is 457 g/mol. The molecule has 0 radical (unpaired) electrons. The van der Waals surface area contributed by atoms with Crippen LogP contribution in [0.3, 0.4) is 0 Å². The molecular formula is C21H20ClN5O3S. The molecule has 1 aromatic heterocycles. The number of primary amides is 1. The Labute approximate surface area is 187 Å². The molecule has 2 heterocycles. The molecule has 0 saturated carbocycles. The summed E-state index contributed by atoms with van der Waals surface area (Å²) in [4.78, 5) is 38.9. The fourth-order valence-electron chi connectivity index (χ4n) is 3.47. The average molecular weight is 458 g/mol. The van der Waals surface area contributed by atoms with E-state index < -0.39 is 17.4 Å². The predicted molar refractivity (Wildman–Crippen MR) is 122 cm³/mol. The molecule has 4 amide bonds. The predicted octanol–water partition coefficient (Wildman–Crippen LogP) is 3.44. The lowest BCUT2D eigenvalue weighted by Gasteiger charge is -2.23. The van der Waals surface area contributed by atoms with Gasteiger partial charge in [0.2, 0.25) is 0 Å². The van der Waals surface area contributed by atoms with Crippen molar-refractivity contribution in [1.29, 1.82) is 0 Å². The van der Waals surface area contributed by atoms with Crippen molar-refractivity contribution in [3.63, 3.8) is 0 Å². The Morgan fingerprint density at radius 2 is 1.97 bits per heavy atom. The molecule has 0 bridgehead atoms. The molecule has 1 saturated heterocycles. The van der Waals surface area contributed by atoms with Crippen LogP contribution in [0.2, 0.25) is 5.02 Å². The summed E-state index contributed by atoms with van der Waals surface area (Å²) in [5, 5.41) is 6.31. The van der Waals surface area contributed by atoms with Crippen molar-refractivity contribution in [2.45, 2.75) is 11.9 Å². The minimum atomic E-state index is -0.649. The first-order valence-corrected chi connectivity index (χ1v) is 11.0. The van der Waals surface area contributed by atoms with Gasteiger partial charge in [-0.05, 0) is 23.8 Å². The largest absolute Gasteiger partial charge is 0.351 e. The highest BCUT2D eigenvalue weighted by atomic mass is 35.5. The second kappa shape index (κ2) is 8.91.